The van der Waals surface area contributed by atoms with Gasteiger partial charge in [-0.25, -0.2) is 0 Å². The molecule has 0 unspecified atom stereocenters. The molecule has 21 heavy (non-hydrogen) atoms. The molecule has 0 bridgehead atoms. The molecule has 0 aliphatic carbocycles. The smallest absolute Gasteiger partial charge is 0.270 e. The summed E-state index contributed by atoms with van der Waals surface area (Å²) in [7, 11) is 1.60. The molecule has 7 heteroatoms. The first-order valence-electron chi connectivity index (χ1n) is 6.65. The Balaban J connectivity index is 2.81. The summed E-state index contributed by atoms with van der Waals surface area (Å²) in [6.07, 6.45) is 0. The molecule has 1 rings (SSSR count). The van der Waals surface area contributed by atoms with Gasteiger partial charge in [-0.15, -0.1) is 0 Å². The number of non-ortho nitro benzene ring substituents is 1. The van der Waals surface area contributed by atoms with E-state index in [-0.39, 0.29) is 12.3 Å². The van der Waals surface area contributed by atoms with E-state index in [1.807, 2.05) is 0 Å². The molecule has 7 nitrogen and oxygen atoms in total. The molecule has 118 valence electrons. The number of rotatable bonds is 9. The van der Waals surface area contributed by atoms with Gasteiger partial charge in [0.1, 0.15) is 12.4 Å². The van der Waals surface area contributed by atoms with E-state index in [4.69, 9.17) is 9.47 Å². The van der Waals surface area contributed by atoms with Crippen molar-refractivity contribution in [2.45, 2.75) is 26.0 Å². The third kappa shape index (κ3) is 6.52. The summed E-state index contributed by atoms with van der Waals surface area (Å²) in [4.78, 5) is 10.4. The topological polar surface area (TPSA) is 93.9 Å². The summed E-state index contributed by atoms with van der Waals surface area (Å²) in [5.74, 6) is 0.521. The zero-order valence-electron chi connectivity index (χ0n) is 12.6. The second-order valence-electron chi connectivity index (χ2n) is 5.32. The van der Waals surface area contributed by atoms with Crippen LogP contribution in [0.1, 0.15) is 19.4 Å². The third-order valence-electron chi connectivity index (χ3n) is 2.63. The minimum atomic E-state index is -0.970. The highest BCUT2D eigenvalue weighted by Crippen LogP contribution is 2.25. The molecule has 0 aliphatic rings. The number of nitro benzene ring substituents is 1. The molecule has 0 aromatic heterocycles. The van der Waals surface area contributed by atoms with Crippen LogP contribution in [0.4, 0.5) is 5.69 Å². The molecule has 0 amide bonds. The Labute approximate surface area is 124 Å². The summed E-state index contributed by atoms with van der Waals surface area (Å²) in [6.45, 7) is 4.98. The van der Waals surface area contributed by atoms with Crippen molar-refractivity contribution >= 4 is 5.69 Å². The number of aliphatic hydroxyl groups is 1. The van der Waals surface area contributed by atoms with Crippen LogP contribution in [-0.4, -0.2) is 42.5 Å². The van der Waals surface area contributed by atoms with Crippen molar-refractivity contribution < 1.29 is 19.5 Å². The normalized spacial score (nSPS) is 11.4. The van der Waals surface area contributed by atoms with E-state index in [0.29, 0.717) is 31.0 Å². The van der Waals surface area contributed by atoms with E-state index in [1.54, 1.807) is 27.0 Å². The number of benzene rings is 1. The van der Waals surface area contributed by atoms with Crippen LogP contribution in [0.25, 0.3) is 0 Å². The summed E-state index contributed by atoms with van der Waals surface area (Å²) < 4.78 is 10.5. The van der Waals surface area contributed by atoms with Gasteiger partial charge in [0.25, 0.3) is 5.69 Å². The Morgan fingerprint density at radius 2 is 2.14 bits per heavy atom. The lowest BCUT2D eigenvalue weighted by Gasteiger charge is -2.19. The minimum Gasteiger partial charge on any atom is -0.490 e. The van der Waals surface area contributed by atoms with E-state index in [9.17, 15) is 15.2 Å². The first-order valence-corrected chi connectivity index (χ1v) is 6.65. The summed E-state index contributed by atoms with van der Waals surface area (Å²) in [5.41, 5.74) is -0.290. The van der Waals surface area contributed by atoms with Crippen LogP contribution in [0.15, 0.2) is 18.2 Å². The first-order chi connectivity index (χ1) is 9.83. The highest BCUT2D eigenvalue weighted by atomic mass is 16.6. The highest BCUT2D eigenvalue weighted by molar-refractivity contribution is 5.43. The van der Waals surface area contributed by atoms with Gasteiger partial charge in [-0.2, -0.15) is 0 Å². The molecule has 0 atom stereocenters. The van der Waals surface area contributed by atoms with Crippen molar-refractivity contribution in [2.24, 2.45) is 0 Å². The van der Waals surface area contributed by atoms with Crippen LogP contribution in [0, 0.1) is 10.1 Å². The van der Waals surface area contributed by atoms with Gasteiger partial charge in [-0.05, 0) is 19.9 Å². The van der Waals surface area contributed by atoms with Gasteiger partial charge in [0, 0.05) is 37.9 Å². The van der Waals surface area contributed by atoms with Gasteiger partial charge in [0.05, 0.1) is 17.1 Å². The van der Waals surface area contributed by atoms with Crippen LogP contribution >= 0.6 is 0 Å². The molecule has 0 spiro atoms. The van der Waals surface area contributed by atoms with Gasteiger partial charge in [0.15, 0.2) is 0 Å². The van der Waals surface area contributed by atoms with E-state index in [2.05, 4.69) is 5.32 Å². The minimum absolute atomic E-state index is 0.00847. The number of nitrogens with one attached hydrogen (secondary N) is 1. The molecule has 2 N–H and O–H groups in total. The van der Waals surface area contributed by atoms with Gasteiger partial charge < -0.3 is 19.9 Å². The molecule has 0 aliphatic heterocycles. The Kier molecular flexibility index (Phi) is 6.54. The zero-order chi connectivity index (χ0) is 15.9. The van der Waals surface area contributed by atoms with E-state index >= 15 is 0 Å². The van der Waals surface area contributed by atoms with Crippen molar-refractivity contribution in [3.8, 4) is 5.75 Å². The van der Waals surface area contributed by atoms with Crippen LogP contribution in [0.5, 0.6) is 5.75 Å². The maximum absolute atomic E-state index is 10.8. The predicted octanol–water partition coefficient (Wildman–Crippen LogP) is 1.48. The summed E-state index contributed by atoms with van der Waals surface area (Å²) in [6, 6.07) is 4.41. The van der Waals surface area contributed by atoms with Gasteiger partial charge in [-0.3, -0.25) is 10.1 Å². The van der Waals surface area contributed by atoms with Gasteiger partial charge in [-0.1, -0.05) is 0 Å². The largest absolute Gasteiger partial charge is 0.490 e. The fourth-order valence-corrected chi connectivity index (χ4v) is 1.61. The van der Waals surface area contributed by atoms with Crippen LogP contribution in [-0.2, 0) is 11.3 Å². The van der Waals surface area contributed by atoms with Crippen molar-refractivity contribution in [2.75, 3.05) is 26.9 Å². The maximum atomic E-state index is 10.8. The SMILES string of the molecule is COCCNCc1cc([N+](=O)[O-])ccc1OCC(C)(C)O. The molecule has 0 heterocycles. The molecule has 0 saturated heterocycles. The number of nitrogens with zero attached hydrogens (tertiary/aromatic N) is 1. The Morgan fingerprint density at radius 3 is 2.71 bits per heavy atom. The quantitative estimate of drug-likeness (QED) is 0.407. The first kappa shape index (κ1) is 17.4. The van der Waals surface area contributed by atoms with Crippen LogP contribution < -0.4 is 10.1 Å². The Hall–Kier alpha value is -1.70. The summed E-state index contributed by atoms with van der Waals surface area (Å²) in [5, 5.41) is 23.7. The highest BCUT2D eigenvalue weighted by Gasteiger charge is 2.16. The molecular weight excluding hydrogens is 276 g/mol. The monoisotopic (exact) mass is 298 g/mol. The molecule has 0 radical (unpaired) electrons. The Morgan fingerprint density at radius 1 is 1.43 bits per heavy atom. The van der Waals surface area contributed by atoms with E-state index < -0.39 is 10.5 Å². The molecule has 0 fully saturated rings. The second-order valence-corrected chi connectivity index (χ2v) is 5.32. The van der Waals surface area contributed by atoms with E-state index in [1.165, 1.54) is 12.1 Å². The number of methoxy groups -OCH3 is 1. The number of hydrogen-bond acceptors (Lipinski definition) is 6. The summed E-state index contributed by atoms with van der Waals surface area (Å²) >= 11 is 0. The van der Waals surface area contributed by atoms with E-state index in [0.717, 1.165) is 0 Å². The number of nitro groups is 1. The lowest BCUT2D eigenvalue weighted by Crippen LogP contribution is -2.28. The lowest BCUT2D eigenvalue weighted by atomic mass is 10.1. The van der Waals surface area contributed by atoms with Crippen molar-refractivity contribution in [1.29, 1.82) is 0 Å². The van der Waals surface area contributed by atoms with Gasteiger partial charge >= 0.3 is 0 Å². The average Bonchev–Trinajstić information content (AvgIpc) is 2.41. The standard InChI is InChI=1S/C14H22N2O5/c1-14(2,17)10-21-13-5-4-12(16(18)19)8-11(13)9-15-6-7-20-3/h4-5,8,15,17H,6-7,9-10H2,1-3H3. The van der Waals surface area contributed by atoms with Crippen molar-refractivity contribution in [3.63, 3.8) is 0 Å². The van der Waals surface area contributed by atoms with Crippen LogP contribution in [0.3, 0.4) is 0 Å². The third-order valence-corrected chi connectivity index (χ3v) is 2.63. The van der Waals surface area contributed by atoms with Crippen molar-refractivity contribution in [3.05, 3.63) is 33.9 Å². The maximum Gasteiger partial charge on any atom is 0.270 e. The fourth-order valence-electron chi connectivity index (χ4n) is 1.61. The average molecular weight is 298 g/mol. The Bertz CT molecular complexity index is 471. The number of hydrogen-bond donors (Lipinski definition) is 2. The predicted molar refractivity (Wildman–Crippen MR) is 78.5 cm³/mol. The molecule has 0 saturated carbocycles. The molecular formula is C14H22N2O5. The van der Waals surface area contributed by atoms with Crippen LogP contribution in [0.2, 0.25) is 0 Å². The van der Waals surface area contributed by atoms with Crippen molar-refractivity contribution in [1.82, 2.24) is 5.32 Å². The zero-order valence-corrected chi connectivity index (χ0v) is 12.6. The number of ether oxygens (including phenoxy) is 2. The van der Waals surface area contributed by atoms with Gasteiger partial charge in [0.2, 0.25) is 0 Å². The lowest BCUT2D eigenvalue weighted by molar-refractivity contribution is -0.384. The second kappa shape index (κ2) is 7.92. The fraction of sp³-hybridized carbons (Fsp3) is 0.571. The molecule has 1 aromatic rings. The molecule has 1 aromatic carbocycles.